The third-order valence-electron chi connectivity index (χ3n) is 2.80. The molecule has 1 aromatic rings. The lowest BCUT2D eigenvalue weighted by molar-refractivity contribution is 0.0701. The normalized spacial score (nSPS) is 15.7. The summed E-state index contributed by atoms with van der Waals surface area (Å²) < 4.78 is 5.50. The molecule has 114 valence electrons. The number of nitrogens with one attached hydrogen (secondary N) is 1. The number of aliphatic hydroxyl groups excluding tert-OH is 1. The minimum absolute atomic E-state index is 0.237. The summed E-state index contributed by atoms with van der Waals surface area (Å²) in [7, 11) is 0. The van der Waals surface area contributed by atoms with E-state index >= 15 is 0 Å². The first-order chi connectivity index (χ1) is 9.43. The topological polar surface area (TPSA) is 61.7 Å². The Balaban J connectivity index is 2.20. The Hall–Kier alpha value is -0.750. The Kier molecular flexibility index (Phi) is 7.37. The molecule has 0 spiro atoms. The summed E-state index contributed by atoms with van der Waals surface area (Å²) in [6.07, 6.45) is 1.36. The second-order valence-corrected chi connectivity index (χ2v) is 6.20. The number of hydrogen-bond donors (Lipinski definition) is 3. The molecule has 3 N–H and O–H groups in total. The lowest BCUT2D eigenvalue weighted by Gasteiger charge is -2.23. The zero-order valence-corrected chi connectivity index (χ0v) is 13.2. The van der Waals surface area contributed by atoms with E-state index < -0.39 is 11.7 Å². The second-order valence-electron chi connectivity index (χ2n) is 5.34. The SMILES string of the molecule is CSCC(C)(O)CNCC(O)COc1ccc(C)cc1. The van der Waals surface area contributed by atoms with Crippen molar-refractivity contribution in [1.82, 2.24) is 5.32 Å². The van der Waals surface area contributed by atoms with E-state index in [1.165, 1.54) is 5.56 Å². The highest BCUT2D eigenvalue weighted by Gasteiger charge is 2.19. The first kappa shape index (κ1) is 17.3. The number of hydrogen-bond acceptors (Lipinski definition) is 5. The quantitative estimate of drug-likeness (QED) is 0.644. The molecule has 0 aromatic heterocycles. The summed E-state index contributed by atoms with van der Waals surface area (Å²) >= 11 is 1.60. The molecule has 0 aliphatic carbocycles. The number of rotatable bonds is 9. The first-order valence-electron chi connectivity index (χ1n) is 6.72. The van der Waals surface area contributed by atoms with Gasteiger partial charge in [0.25, 0.3) is 0 Å². The van der Waals surface area contributed by atoms with Gasteiger partial charge in [0.2, 0.25) is 0 Å². The van der Waals surface area contributed by atoms with Gasteiger partial charge in [-0.2, -0.15) is 11.8 Å². The van der Waals surface area contributed by atoms with Crippen LogP contribution in [0.3, 0.4) is 0 Å². The molecule has 0 aliphatic heterocycles. The van der Waals surface area contributed by atoms with Crippen molar-refractivity contribution in [3.05, 3.63) is 29.8 Å². The molecular weight excluding hydrogens is 274 g/mol. The van der Waals surface area contributed by atoms with Crippen LogP contribution in [-0.2, 0) is 0 Å². The van der Waals surface area contributed by atoms with Crippen LogP contribution in [0.4, 0.5) is 0 Å². The number of aliphatic hydroxyl groups is 2. The van der Waals surface area contributed by atoms with Crippen LogP contribution in [0.25, 0.3) is 0 Å². The summed E-state index contributed by atoms with van der Waals surface area (Å²) in [5, 5.41) is 22.8. The third-order valence-corrected chi connectivity index (χ3v) is 3.72. The molecule has 0 aliphatic rings. The summed E-state index contributed by atoms with van der Waals surface area (Å²) in [6, 6.07) is 7.72. The van der Waals surface area contributed by atoms with Crippen molar-refractivity contribution in [2.24, 2.45) is 0 Å². The van der Waals surface area contributed by atoms with Crippen LogP contribution in [0, 0.1) is 6.92 Å². The van der Waals surface area contributed by atoms with Gasteiger partial charge in [-0.05, 0) is 32.2 Å². The molecule has 0 radical (unpaired) electrons. The molecule has 2 unspecified atom stereocenters. The molecule has 0 amide bonds. The minimum atomic E-state index is -0.753. The van der Waals surface area contributed by atoms with Gasteiger partial charge in [0, 0.05) is 18.8 Å². The molecule has 1 rings (SSSR count). The van der Waals surface area contributed by atoms with E-state index in [2.05, 4.69) is 5.32 Å². The molecule has 0 saturated carbocycles. The summed E-state index contributed by atoms with van der Waals surface area (Å²) in [5.74, 6) is 1.42. The lowest BCUT2D eigenvalue weighted by Crippen LogP contribution is -2.43. The van der Waals surface area contributed by atoms with E-state index in [1.807, 2.05) is 37.4 Å². The van der Waals surface area contributed by atoms with Crippen molar-refractivity contribution >= 4 is 11.8 Å². The summed E-state index contributed by atoms with van der Waals surface area (Å²) in [4.78, 5) is 0. The minimum Gasteiger partial charge on any atom is -0.491 e. The monoisotopic (exact) mass is 299 g/mol. The van der Waals surface area contributed by atoms with Crippen molar-refractivity contribution in [2.45, 2.75) is 25.6 Å². The van der Waals surface area contributed by atoms with Crippen molar-refractivity contribution < 1.29 is 14.9 Å². The predicted octanol–water partition coefficient (Wildman–Crippen LogP) is 1.44. The molecular formula is C15H25NO3S. The number of thioether (sulfide) groups is 1. The maximum Gasteiger partial charge on any atom is 0.119 e. The van der Waals surface area contributed by atoms with E-state index in [0.29, 0.717) is 18.8 Å². The van der Waals surface area contributed by atoms with Gasteiger partial charge in [-0.15, -0.1) is 0 Å². The smallest absolute Gasteiger partial charge is 0.119 e. The number of aryl methyl sites for hydroxylation is 1. The maximum atomic E-state index is 9.97. The molecule has 0 fully saturated rings. The summed E-state index contributed by atoms with van der Waals surface area (Å²) in [6.45, 7) is 4.89. The van der Waals surface area contributed by atoms with Crippen molar-refractivity contribution in [3.8, 4) is 5.75 Å². The van der Waals surface area contributed by atoms with E-state index in [-0.39, 0.29) is 6.61 Å². The Bertz CT molecular complexity index is 381. The fraction of sp³-hybridized carbons (Fsp3) is 0.600. The number of benzene rings is 1. The molecule has 20 heavy (non-hydrogen) atoms. The van der Waals surface area contributed by atoms with Crippen molar-refractivity contribution in [2.75, 3.05) is 31.7 Å². The fourth-order valence-corrected chi connectivity index (χ4v) is 2.48. The van der Waals surface area contributed by atoms with Gasteiger partial charge in [0.15, 0.2) is 0 Å². The van der Waals surface area contributed by atoms with Crippen LogP contribution in [0.15, 0.2) is 24.3 Å². The predicted molar refractivity (Wildman–Crippen MR) is 84.6 cm³/mol. The largest absolute Gasteiger partial charge is 0.491 e. The molecule has 0 bridgehead atoms. The van der Waals surface area contributed by atoms with E-state index in [1.54, 1.807) is 18.7 Å². The van der Waals surface area contributed by atoms with E-state index in [9.17, 15) is 10.2 Å². The van der Waals surface area contributed by atoms with E-state index in [4.69, 9.17) is 4.74 Å². The van der Waals surface area contributed by atoms with Crippen LogP contribution in [0.5, 0.6) is 5.75 Å². The Morgan fingerprint density at radius 2 is 2.00 bits per heavy atom. The standard InChI is InChI=1S/C15H25NO3S/c1-12-4-6-14(7-5-12)19-9-13(17)8-16-10-15(2,18)11-20-3/h4-7,13,16-18H,8-11H2,1-3H3. The highest BCUT2D eigenvalue weighted by Crippen LogP contribution is 2.11. The molecule has 0 heterocycles. The highest BCUT2D eigenvalue weighted by atomic mass is 32.2. The zero-order chi connectivity index (χ0) is 15.0. The Morgan fingerprint density at radius 1 is 1.35 bits per heavy atom. The Labute approximate surface area is 125 Å². The molecule has 1 aromatic carbocycles. The van der Waals surface area contributed by atoms with E-state index in [0.717, 1.165) is 5.75 Å². The van der Waals surface area contributed by atoms with Gasteiger partial charge in [-0.1, -0.05) is 17.7 Å². The first-order valence-corrected chi connectivity index (χ1v) is 8.12. The second kappa shape index (κ2) is 8.52. The van der Waals surface area contributed by atoms with Gasteiger partial charge < -0.3 is 20.3 Å². The fourth-order valence-electron chi connectivity index (χ4n) is 1.76. The van der Waals surface area contributed by atoms with Crippen molar-refractivity contribution in [1.29, 1.82) is 0 Å². The van der Waals surface area contributed by atoms with Gasteiger partial charge in [0.1, 0.15) is 18.5 Å². The van der Waals surface area contributed by atoms with Gasteiger partial charge in [-0.3, -0.25) is 0 Å². The average molecular weight is 299 g/mol. The summed E-state index contributed by atoms with van der Waals surface area (Å²) in [5.41, 5.74) is 0.423. The van der Waals surface area contributed by atoms with Crippen LogP contribution in [0.2, 0.25) is 0 Å². The van der Waals surface area contributed by atoms with Crippen LogP contribution in [-0.4, -0.2) is 53.6 Å². The third kappa shape index (κ3) is 7.14. The average Bonchev–Trinajstić information content (AvgIpc) is 2.37. The van der Waals surface area contributed by atoms with Crippen LogP contribution in [0.1, 0.15) is 12.5 Å². The molecule has 4 nitrogen and oxygen atoms in total. The van der Waals surface area contributed by atoms with Gasteiger partial charge in [-0.25, -0.2) is 0 Å². The number of ether oxygens (including phenoxy) is 1. The lowest BCUT2D eigenvalue weighted by atomic mass is 10.1. The van der Waals surface area contributed by atoms with Crippen molar-refractivity contribution in [3.63, 3.8) is 0 Å². The van der Waals surface area contributed by atoms with Crippen LogP contribution < -0.4 is 10.1 Å². The van der Waals surface area contributed by atoms with Gasteiger partial charge in [0.05, 0.1) is 5.60 Å². The molecule has 2 atom stereocenters. The van der Waals surface area contributed by atoms with Crippen LogP contribution >= 0.6 is 11.8 Å². The molecule has 0 saturated heterocycles. The maximum absolute atomic E-state index is 9.97. The Morgan fingerprint density at radius 3 is 2.60 bits per heavy atom. The van der Waals surface area contributed by atoms with Gasteiger partial charge >= 0.3 is 0 Å². The molecule has 5 heteroatoms. The zero-order valence-electron chi connectivity index (χ0n) is 12.4. The highest BCUT2D eigenvalue weighted by molar-refractivity contribution is 7.98.